The molecule has 8 nitrogen and oxygen atoms in total. The Hall–Kier alpha value is -3.23. The molecule has 1 radical (unpaired) electrons. The van der Waals surface area contributed by atoms with Crippen molar-refractivity contribution in [3.05, 3.63) is 59.7 Å². The molecular weight excluding hydrogens is 627 g/mol. The summed E-state index contributed by atoms with van der Waals surface area (Å²) in [6.45, 7) is -0.270. The first-order valence-electron chi connectivity index (χ1n) is 9.94. The van der Waals surface area contributed by atoms with Gasteiger partial charge in [0.1, 0.15) is 17.3 Å². The van der Waals surface area contributed by atoms with Crippen molar-refractivity contribution in [1.82, 2.24) is 14.9 Å². The molecule has 0 atom stereocenters. The van der Waals surface area contributed by atoms with Gasteiger partial charge in [0.25, 0.3) is 0 Å². The van der Waals surface area contributed by atoms with Gasteiger partial charge >= 0.3 is 12.2 Å². The Labute approximate surface area is 206 Å². The van der Waals surface area contributed by atoms with E-state index in [1.165, 1.54) is 30.6 Å². The monoisotopic (exact) mass is 646 g/mol. The second-order valence-electron chi connectivity index (χ2n) is 7.27. The van der Waals surface area contributed by atoms with Crippen molar-refractivity contribution in [3.63, 3.8) is 0 Å². The normalized spacial score (nSPS) is 15.9. The van der Waals surface area contributed by atoms with Crippen LogP contribution in [0.3, 0.4) is 0 Å². The fourth-order valence-corrected chi connectivity index (χ4v) is 3.36. The fourth-order valence-electron chi connectivity index (χ4n) is 3.36. The molecule has 2 aliphatic rings. The zero-order valence-electron chi connectivity index (χ0n) is 17.8. The van der Waals surface area contributed by atoms with E-state index in [0.717, 1.165) is 30.0 Å². The number of pyridine rings is 2. The molecule has 0 aromatic carbocycles. The van der Waals surface area contributed by atoms with E-state index in [1.54, 1.807) is 12.4 Å². The van der Waals surface area contributed by atoms with Gasteiger partial charge in [0.15, 0.2) is 5.75 Å². The number of nitrogens with zero attached hydrogens (tertiary/aromatic N) is 4. The van der Waals surface area contributed by atoms with Gasteiger partial charge in [-0.2, -0.15) is 18.2 Å². The number of urea groups is 1. The number of carbonyl (C=O) groups excluding carboxylic acids is 2. The van der Waals surface area contributed by atoms with Crippen molar-refractivity contribution in [2.75, 3.05) is 18.6 Å². The summed E-state index contributed by atoms with van der Waals surface area (Å²) in [7, 11) is 1.07. The van der Waals surface area contributed by atoms with Gasteiger partial charge < -0.3 is 14.3 Å². The molecule has 1 fully saturated rings. The van der Waals surface area contributed by atoms with Gasteiger partial charge in [0.2, 0.25) is 5.88 Å². The first-order valence-corrected chi connectivity index (χ1v) is 9.94. The van der Waals surface area contributed by atoms with Crippen LogP contribution in [0.15, 0.2) is 59.7 Å². The predicted molar refractivity (Wildman–Crippen MR) is 110 cm³/mol. The van der Waals surface area contributed by atoms with Crippen LogP contribution in [0.2, 0.25) is 0 Å². The van der Waals surface area contributed by atoms with Crippen molar-refractivity contribution < 1.29 is 52.7 Å². The van der Waals surface area contributed by atoms with Gasteiger partial charge in [-0.1, -0.05) is 6.07 Å². The molecule has 0 N–H and O–H groups in total. The third-order valence-electron chi connectivity index (χ3n) is 5.11. The SMILES string of the molecule is CN1C(=O)N(c2cccc(Oc3cncc(OC[C-]=O)c3)n2)C(=C2CCC2)C=C1C(F)(F)F.[Re]. The smallest absolute Gasteiger partial charge is 0.431 e. The van der Waals surface area contributed by atoms with E-state index in [4.69, 9.17) is 9.47 Å². The van der Waals surface area contributed by atoms with E-state index in [9.17, 15) is 22.8 Å². The number of amides is 2. The molecule has 2 amide bonds. The summed E-state index contributed by atoms with van der Waals surface area (Å²) < 4.78 is 51.3. The number of hydrogen-bond acceptors (Lipinski definition) is 6. The summed E-state index contributed by atoms with van der Waals surface area (Å²) in [6, 6.07) is 5.24. The predicted octanol–water partition coefficient (Wildman–Crippen LogP) is 4.51. The van der Waals surface area contributed by atoms with Crippen molar-refractivity contribution in [3.8, 4) is 17.4 Å². The maximum Gasteiger partial charge on any atom is 0.431 e. The summed E-state index contributed by atoms with van der Waals surface area (Å²) in [5.74, 6) is 0.739. The molecule has 1 aliphatic carbocycles. The van der Waals surface area contributed by atoms with Gasteiger partial charge in [-0.25, -0.2) is 16.0 Å². The van der Waals surface area contributed by atoms with E-state index in [0.29, 0.717) is 17.7 Å². The minimum atomic E-state index is -4.67. The average Bonchev–Trinajstić information content (AvgIpc) is 2.73. The first kappa shape index (κ1) is 25.4. The molecular formula is C22H18F3N4O4Re-. The van der Waals surface area contributed by atoms with Gasteiger partial charge in [-0.05, 0) is 43.6 Å². The molecule has 1 saturated carbocycles. The molecule has 0 bridgehead atoms. The van der Waals surface area contributed by atoms with E-state index in [1.807, 2.05) is 0 Å². The van der Waals surface area contributed by atoms with Crippen LogP contribution in [0.1, 0.15) is 19.3 Å². The third kappa shape index (κ3) is 5.29. The maximum atomic E-state index is 13.5. The standard InChI is InChI=1S/C22H18F3N4O4.Re/c1-28-18(22(23,24)25)11-17(14-4-2-5-14)29(21(28)31)19-6-3-7-20(27-19)33-16-10-15(12-26-13-16)32-9-8-30;/h3,6-7,10-13H,2,4-5,9H2,1H3;/q-1;. The molecule has 12 heteroatoms. The van der Waals surface area contributed by atoms with Crippen LogP contribution >= 0.6 is 0 Å². The Morgan fingerprint density at radius 3 is 2.56 bits per heavy atom. The van der Waals surface area contributed by atoms with Crippen molar-refractivity contribution in [1.29, 1.82) is 0 Å². The molecule has 2 aromatic rings. The quantitative estimate of drug-likeness (QED) is 0.430. The van der Waals surface area contributed by atoms with Crippen molar-refractivity contribution in [2.24, 2.45) is 0 Å². The number of hydrogen-bond donors (Lipinski definition) is 0. The summed E-state index contributed by atoms with van der Waals surface area (Å²) in [5, 5.41) is 0. The van der Waals surface area contributed by atoms with Crippen LogP contribution in [0.4, 0.5) is 23.8 Å². The summed E-state index contributed by atoms with van der Waals surface area (Å²) in [6.07, 6.45) is 2.75. The molecule has 4 rings (SSSR count). The minimum Gasteiger partial charge on any atom is -0.539 e. The van der Waals surface area contributed by atoms with Gasteiger partial charge in [0.05, 0.1) is 18.1 Å². The first-order chi connectivity index (χ1) is 15.8. The Bertz CT molecular complexity index is 1150. The number of ether oxygens (including phenoxy) is 2. The summed E-state index contributed by atoms with van der Waals surface area (Å²) in [4.78, 5) is 33.3. The van der Waals surface area contributed by atoms with E-state index >= 15 is 0 Å². The molecule has 0 unspecified atom stereocenters. The molecule has 179 valence electrons. The number of halogens is 3. The Kier molecular flexibility index (Phi) is 7.74. The van der Waals surface area contributed by atoms with Crippen LogP contribution in [0, 0.1) is 0 Å². The van der Waals surface area contributed by atoms with Crippen LogP contribution in [-0.2, 0) is 25.2 Å². The van der Waals surface area contributed by atoms with Crippen molar-refractivity contribution >= 4 is 18.1 Å². The van der Waals surface area contributed by atoms with Crippen LogP contribution < -0.4 is 14.4 Å². The molecule has 0 spiro atoms. The number of carbonyl (C=O) groups is 1. The second kappa shape index (κ2) is 10.4. The Morgan fingerprint density at radius 2 is 1.91 bits per heavy atom. The van der Waals surface area contributed by atoms with Gasteiger partial charge in [-0.3, -0.25) is 9.88 Å². The molecule has 1 aliphatic heterocycles. The minimum absolute atomic E-state index is 0. The number of rotatable bonds is 6. The molecule has 0 saturated heterocycles. The second-order valence-corrected chi connectivity index (χ2v) is 7.27. The number of anilines is 1. The largest absolute Gasteiger partial charge is 0.539 e. The molecule has 34 heavy (non-hydrogen) atoms. The van der Waals surface area contributed by atoms with E-state index < -0.39 is 17.9 Å². The maximum absolute atomic E-state index is 13.5. The Balaban J connectivity index is 0.00000324. The number of allylic oxidation sites excluding steroid dienone is 3. The topological polar surface area (TPSA) is 84.9 Å². The zero-order valence-corrected chi connectivity index (χ0v) is 20.5. The molecule has 3 heterocycles. The van der Waals surface area contributed by atoms with Crippen LogP contribution in [-0.4, -0.2) is 47.0 Å². The van der Waals surface area contributed by atoms with Crippen LogP contribution in [0.5, 0.6) is 17.4 Å². The molecule has 2 aromatic heterocycles. The summed E-state index contributed by atoms with van der Waals surface area (Å²) >= 11 is 0. The van der Waals surface area contributed by atoms with Crippen molar-refractivity contribution in [2.45, 2.75) is 25.4 Å². The fraction of sp³-hybridized carbons (Fsp3) is 0.273. The zero-order chi connectivity index (χ0) is 23.6. The van der Waals surface area contributed by atoms with Gasteiger partial charge in [0, 0.05) is 39.6 Å². The van der Waals surface area contributed by atoms with Crippen LogP contribution in [0.25, 0.3) is 0 Å². The van der Waals surface area contributed by atoms with E-state index in [2.05, 4.69) is 9.97 Å². The number of aromatic nitrogens is 2. The van der Waals surface area contributed by atoms with Gasteiger partial charge in [-0.15, -0.1) is 0 Å². The summed E-state index contributed by atoms with van der Waals surface area (Å²) in [5.41, 5.74) is -0.0862. The van der Waals surface area contributed by atoms with E-state index in [-0.39, 0.29) is 55.9 Å². The average molecular weight is 646 g/mol. The third-order valence-corrected chi connectivity index (χ3v) is 5.11. The Morgan fingerprint density at radius 1 is 1.18 bits per heavy atom. The number of alkyl halides is 3.